The fourth-order valence-corrected chi connectivity index (χ4v) is 2.77. The third-order valence-corrected chi connectivity index (χ3v) is 5.37. The van der Waals surface area contributed by atoms with Crippen LogP contribution in [0.15, 0.2) is 30.3 Å². The van der Waals surface area contributed by atoms with E-state index in [9.17, 15) is 0 Å². The van der Waals surface area contributed by atoms with Crippen LogP contribution in [0.2, 0.25) is 0 Å². The second kappa shape index (κ2) is 6.52. The highest BCUT2D eigenvalue weighted by Crippen LogP contribution is 2.36. The molecule has 1 aromatic heterocycles. The summed E-state index contributed by atoms with van der Waals surface area (Å²) in [6.07, 6.45) is 1.33. The Morgan fingerprint density at radius 2 is 1.69 bits per heavy atom. The summed E-state index contributed by atoms with van der Waals surface area (Å²) in [6.45, 7) is 12.2. The number of pyridine rings is 1. The standard InChI is InChI=1S/C20H26BN3O2/c1-13-7-10-18(23-14(13)2)24-17-11-16(9-8-15(17)12-22)21-25-19(3,4)20(5,6)26-21/h7-12,22H,1-6H3,(H,23,24). The molecule has 0 unspecified atom stereocenters. The van der Waals surface area contributed by atoms with Crippen molar-refractivity contribution < 1.29 is 9.31 Å². The molecule has 136 valence electrons. The van der Waals surface area contributed by atoms with E-state index in [1.807, 2.05) is 71.9 Å². The summed E-state index contributed by atoms with van der Waals surface area (Å²) >= 11 is 0. The number of anilines is 2. The number of hydrogen-bond donors (Lipinski definition) is 2. The summed E-state index contributed by atoms with van der Waals surface area (Å²) in [4.78, 5) is 4.57. The zero-order chi connectivity index (χ0) is 19.1. The molecule has 26 heavy (non-hydrogen) atoms. The molecule has 2 aromatic rings. The fourth-order valence-electron chi connectivity index (χ4n) is 2.77. The second-order valence-electron chi connectivity index (χ2n) is 7.80. The van der Waals surface area contributed by atoms with Gasteiger partial charge in [0.25, 0.3) is 0 Å². The van der Waals surface area contributed by atoms with Crippen molar-refractivity contribution >= 4 is 30.3 Å². The zero-order valence-corrected chi connectivity index (χ0v) is 16.3. The molecule has 0 radical (unpaired) electrons. The quantitative estimate of drug-likeness (QED) is 0.651. The van der Waals surface area contributed by atoms with Crippen molar-refractivity contribution in [2.75, 3.05) is 5.32 Å². The second-order valence-corrected chi connectivity index (χ2v) is 7.80. The van der Waals surface area contributed by atoms with E-state index in [1.54, 1.807) is 0 Å². The Balaban J connectivity index is 1.92. The van der Waals surface area contributed by atoms with Crippen molar-refractivity contribution in [3.05, 3.63) is 47.2 Å². The number of aromatic nitrogens is 1. The average Bonchev–Trinajstić information content (AvgIpc) is 2.79. The predicted octanol–water partition coefficient (Wildman–Crippen LogP) is 3.74. The van der Waals surface area contributed by atoms with E-state index in [4.69, 9.17) is 14.7 Å². The third-order valence-electron chi connectivity index (χ3n) is 5.37. The first-order valence-corrected chi connectivity index (χ1v) is 8.84. The molecule has 1 aromatic carbocycles. The molecule has 0 bridgehead atoms. The molecular formula is C20H26BN3O2. The minimum Gasteiger partial charge on any atom is -0.399 e. The van der Waals surface area contributed by atoms with E-state index in [1.165, 1.54) is 6.21 Å². The molecule has 2 heterocycles. The molecule has 1 saturated heterocycles. The molecule has 0 aliphatic carbocycles. The monoisotopic (exact) mass is 351 g/mol. The molecule has 3 rings (SSSR count). The first-order valence-electron chi connectivity index (χ1n) is 8.84. The first-order chi connectivity index (χ1) is 12.1. The van der Waals surface area contributed by atoms with Crippen molar-refractivity contribution in [3.8, 4) is 0 Å². The van der Waals surface area contributed by atoms with Gasteiger partial charge in [-0.25, -0.2) is 4.98 Å². The number of nitrogens with one attached hydrogen (secondary N) is 2. The lowest BCUT2D eigenvalue weighted by molar-refractivity contribution is 0.00578. The summed E-state index contributed by atoms with van der Waals surface area (Å²) in [5, 5.41) is 11.0. The largest absolute Gasteiger partial charge is 0.494 e. The third kappa shape index (κ3) is 3.39. The van der Waals surface area contributed by atoms with Crippen LogP contribution in [0.4, 0.5) is 11.5 Å². The van der Waals surface area contributed by atoms with Crippen LogP contribution >= 0.6 is 0 Å². The van der Waals surface area contributed by atoms with Gasteiger partial charge in [-0.1, -0.05) is 18.2 Å². The SMILES string of the molecule is Cc1ccc(Nc2cc(B3OC(C)(C)C(C)(C)O3)ccc2C=N)nc1C. The summed E-state index contributed by atoms with van der Waals surface area (Å²) in [5.74, 6) is 0.752. The molecule has 5 nitrogen and oxygen atoms in total. The Morgan fingerprint density at radius 1 is 1.04 bits per heavy atom. The number of rotatable bonds is 4. The van der Waals surface area contributed by atoms with Crippen LogP contribution in [-0.2, 0) is 9.31 Å². The van der Waals surface area contributed by atoms with Crippen molar-refractivity contribution in [3.63, 3.8) is 0 Å². The smallest absolute Gasteiger partial charge is 0.399 e. The molecule has 1 aliphatic rings. The first kappa shape index (κ1) is 18.6. The lowest BCUT2D eigenvalue weighted by atomic mass is 9.78. The van der Waals surface area contributed by atoms with E-state index in [0.29, 0.717) is 0 Å². The van der Waals surface area contributed by atoms with Gasteiger partial charge >= 0.3 is 7.12 Å². The zero-order valence-electron chi connectivity index (χ0n) is 16.3. The van der Waals surface area contributed by atoms with Crippen LogP contribution in [0.1, 0.15) is 44.5 Å². The van der Waals surface area contributed by atoms with Gasteiger partial charge in [0.2, 0.25) is 0 Å². The normalized spacial score (nSPS) is 18.0. The molecule has 0 atom stereocenters. The van der Waals surface area contributed by atoms with Crippen LogP contribution in [-0.4, -0.2) is 29.5 Å². The molecule has 1 aliphatic heterocycles. The van der Waals surface area contributed by atoms with E-state index < -0.39 is 7.12 Å². The van der Waals surface area contributed by atoms with Crippen LogP contribution in [0.25, 0.3) is 0 Å². The van der Waals surface area contributed by atoms with Gasteiger partial charge in [-0.3, -0.25) is 0 Å². The number of nitrogens with zero attached hydrogens (tertiary/aromatic N) is 1. The fraction of sp³-hybridized carbons (Fsp3) is 0.400. The highest BCUT2D eigenvalue weighted by Gasteiger charge is 2.51. The number of hydrogen-bond acceptors (Lipinski definition) is 5. The Labute approximate surface area is 155 Å². The Bertz CT molecular complexity index is 833. The summed E-state index contributed by atoms with van der Waals surface area (Å²) < 4.78 is 12.3. The lowest BCUT2D eigenvalue weighted by Gasteiger charge is -2.32. The van der Waals surface area contributed by atoms with Crippen molar-refractivity contribution in [2.45, 2.75) is 52.7 Å². The van der Waals surface area contributed by atoms with Crippen LogP contribution in [0.5, 0.6) is 0 Å². The van der Waals surface area contributed by atoms with E-state index >= 15 is 0 Å². The van der Waals surface area contributed by atoms with Gasteiger partial charge in [-0.05, 0) is 64.7 Å². The minimum absolute atomic E-state index is 0.388. The maximum Gasteiger partial charge on any atom is 0.494 e. The molecule has 0 amide bonds. The van der Waals surface area contributed by atoms with E-state index in [-0.39, 0.29) is 11.2 Å². The maximum absolute atomic E-state index is 7.68. The molecule has 0 spiro atoms. The molecule has 2 N–H and O–H groups in total. The number of aryl methyl sites for hydroxylation is 2. The van der Waals surface area contributed by atoms with Gasteiger partial charge in [0.15, 0.2) is 0 Å². The van der Waals surface area contributed by atoms with Gasteiger partial charge in [0, 0.05) is 23.2 Å². The van der Waals surface area contributed by atoms with Gasteiger partial charge < -0.3 is 20.0 Å². The Hall–Kier alpha value is -2.18. The van der Waals surface area contributed by atoms with Crippen LogP contribution in [0.3, 0.4) is 0 Å². The Kier molecular flexibility index (Phi) is 4.67. The summed E-state index contributed by atoms with van der Waals surface area (Å²) in [7, 11) is -0.437. The lowest BCUT2D eigenvalue weighted by Crippen LogP contribution is -2.41. The summed E-state index contributed by atoms with van der Waals surface area (Å²) in [6, 6.07) is 9.79. The van der Waals surface area contributed by atoms with Crippen molar-refractivity contribution in [1.29, 1.82) is 5.41 Å². The maximum atomic E-state index is 7.68. The Morgan fingerprint density at radius 3 is 2.27 bits per heavy atom. The van der Waals surface area contributed by atoms with Gasteiger partial charge in [0.05, 0.1) is 11.2 Å². The van der Waals surface area contributed by atoms with E-state index in [2.05, 4.69) is 10.3 Å². The summed E-state index contributed by atoms with van der Waals surface area (Å²) in [5.41, 5.74) is 3.86. The number of benzene rings is 1. The van der Waals surface area contributed by atoms with Gasteiger partial charge in [-0.15, -0.1) is 0 Å². The molecule has 1 fully saturated rings. The van der Waals surface area contributed by atoms with Crippen LogP contribution < -0.4 is 10.8 Å². The van der Waals surface area contributed by atoms with Crippen molar-refractivity contribution in [2.24, 2.45) is 0 Å². The van der Waals surface area contributed by atoms with Crippen molar-refractivity contribution in [1.82, 2.24) is 4.98 Å². The minimum atomic E-state index is -0.437. The van der Waals surface area contributed by atoms with E-state index in [0.717, 1.165) is 33.8 Å². The highest BCUT2D eigenvalue weighted by atomic mass is 16.7. The topological polar surface area (TPSA) is 67.2 Å². The van der Waals surface area contributed by atoms with Gasteiger partial charge in [0.1, 0.15) is 5.82 Å². The highest BCUT2D eigenvalue weighted by molar-refractivity contribution is 6.62. The van der Waals surface area contributed by atoms with Crippen LogP contribution in [0, 0.1) is 19.3 Å². The molecule has 6 heteroatoms. The molecule has 0 saturated carbocycles. The predicted molar refractivity (Wildman–Crippen MR) is 107 cm³/mol. The molecular weight excluding hydrogens is 325 g/mol. The average molecular weight is 351 g/mol. The van der Waals surface area contributed by atoms with Gasteiger partial charge in [-0.2, -0.15) is 0 Å².